The number of rotatable bonds is 5. The maximum atomic E-state index is 12.1. The molecule has 1 aromatic carbocycles. The summed E-state index contributed by atoms with van der Waals surface area (Å²) in [5, 5.41) is 19.0. The van der Waals surface area contributed by atoms with Crippen molar-refractivity contribution in [1.29, 1.82) is 0 Å². The molecule has 0 fully saturated rings. The number of benzene rings is 1. The van der Waals surface area contributed by atoms with E-state index in [2.05, 4.69) is 15.5 Å². The fourth-order valence-corrected chi connectivity index (χ4v) is 1.90. The molecular weight excluding hydrogens is 254 g/mol. The first-order valence-corrected chi connectivity index (χ1v) is 6.63. The highest BCUT2D eigenvalue weighted by atomic mass is 16.3. The molecular formula is C15H19N3O2. The molecule has 0 saturated carbocycles. The Kier molecular flexibility index (Phi) is 4.53. The highest BCUT2D eigenvalue weighted by Gasteiger charge is 2.17. The van der Waals surface area contributed by atoms with Crippen molar-refractivity contribution in [3.63, 3.8) is 0 Å². The van der Waals surface area contributed by atoms with E-state index in [-0.39, 0.29) is 18.4 Å². The number of nitrogens with zero attached hydrogens (tertiary/aromatic N) is 1. The molecule has 1 amide bonds. The van der Waals surface area contributed by atoms with Gasteiger partial charge in [0.2, 0.25) is 0 Å². The van der Waals surface area contributed by atoms with Crippen LogP contribution in [-0.2, 0) is 0 Å². The average Bonchev–Trinajstić information content (AvgIpc) is 2.95. The normalized spacial score (nSPS) is 12.4. The number of amides is 1. The van der Waals surface area contributed by atoms with Crippen LogP contribution in [0.15, 0.2) is 36.4 Å². The number of hydrogen-bond donors (Lipinski definition) is 3. The SMILES string of the molecule is CC(C)c1cc(C(=O)N[C@@H](CO)c2ccccc2)n[nH]1. The Bertz CT molecular complexity index is 564. The molecule has 3 N–H and O–H groups in total. The van der Waals surface area contributed by atoms with E-state index in [1.54, 1.807) is 6.07 Å². The highest BCUT2D eigenvalue weighted by Crippen LogP contribution is 2.14. The third-order valence-electron chi connectivity index (χ3n) is 3.14. The maximum Gasteiger partial charge on any atom is 0.272 e. The highest BCUT2D eigenvalue weighted by molar-refractivity contribution is 5.92. The van der Waals surface area contributed by atoms with E-state index in [1.165, 1.54) is 0 Å². The van der Waals surface area contributed by atoms with Crippen molar-refractivity contribution in [3.8, 4) is 0 Å². The van der Waals surface area contributed by atoms with E-state index in [0.29, 0.717) is 5.69 Å². The smallest absolute Gasteiger partial charge is 0.272 e. The quantitative estimate of drug-likeness (QED) is 0.779. The summed E-state index contributed by atoms with van der Waals surface area (Å²) >= 11 is 0. The fraction of sp³-hybridized carbons (Fsp3) is 0.333. The van der Waals surface area contributed by atoms with Crippen LogP contribution in [0.3, 0.4) is 0 Å². The van der Waals surface area contributed by atoms with Gasteiger partial charge in [0, 0.05) is 5.69 Å². The minimum atomic E-state index is -0.428. The van der Waals surface area contributed by atoms with Crippen molar-refractivity contribution >= 4 is 5.91 Å². The number of aliphatic hydroxyl groups is 1. The van der Waals surface area contributed by atoms with Crippen molar-refractivity contribution in [3.05, 3.63) is 53.3 Å². The number of aliphatic hydroxyl groups excluding tert-OH is 1. The van der Waals surface area contributed by atoms with Crippen LogP contribution in [0.1, 0.15) is 47.6 Å². The molecule has 0 radical (unpaired) electrons. The molecule has 0 aliphatic rings. The standard InChI is InChI=1S/C15H19N3O2/c1-10(2)12-8-13(18-17-12)15(20)16-14(9-19)11-6-4-3-5-7-11/h3-8,10,14,19H,9H2,1-2H3,(H,16,20)(H,17,18)/t14-/m0/s1. The third kappa shape index (κ3) is 3.24. The van der Waals surface area contributed by atoms with Gasteiger partial charge in [0.05, 0.1) is 12.6 Å². The first kappa shape index (κ1) is 14.3. The Hall–Kier alpha value is -2.14. The Balaban J connectivity index is 2.09. The summed E-state index contributed by atoms with van der Waals surface area (Å²) in [5.41, 5.74) is 2.11. The second-order valence-electron chi connectivity index (χ2n) is 4.98. The number of aromatic amines is 1. The lowest BCUT2D eigenvalue weighted by Crippen LogP contribution is -2.31. The average molecular weight is 273 g/mol. The molecule has 0 aliphatic heterocycles. The van der Waals surface area contributed by atoms with E-state index in [1.807, 2.05) is 44.2 Å². The van der Waals surface area contributed by atoms with Crippen LogP contribution in [0.2, 0.25) is 0 Å². The first-order chi connectivity index (χ1) is 9.61. The molecule has 5 heteroatoms. The van der Waals surface area contributed by atoms with Gasteiger partial charge in [-0.1, -0.05) is 44.2 Å². The summed E-state index contributed by atoms with van der Waals surface area (Å²) in [7, 11) is 0. The second kappa shape index (κ2) is 6.34. The number of H-pyrrole nitrogens is 1. The summed E-state index contributed by atoms with van der Waals surface area (Å²) in [6.07, 6.45) is 0. The number of hydrogen-bond acceptors (Lipinski definition) is 3. The Morgan fingerprint density at radius 3 is 2.60 bits per heavy atom. The summed E-state index contributed by atoms with van der Waals surface area (Å²) in [6, 6.07) is 10.7. The number of carbonyl (C=O) groups excluding carboxylic acids is 1. The van der Waals surface area contributed by atoms with E-state index < -0.39 is 6.04 Å². The lowest BCUT2D eigenvalue weighted by atomic mass is 10.1. The van der Waals surface area contributed by atoms with Crippen molar-refractivity contribution in [2.24, 2.45) is 0 Å². The third-order valence-corrected chi connectivity index (χ3v) is 3.14. The van der Waals surface area contributed by atoms with Crippen molar-refractivity contribution < 1.29 is 9.90 Å². The van der Waals surface area contributed by atoms with Gasteiger partial charge in [-0.15, -0.1) is 0 Å². The van der Waals surface area contributed by atoms with E-state index >= 15 is 0 Å². The van der Waals surface area contributed by atoms with E-state index in [4.69, 9.17) is 0 Å². The molecule has 0 spiro atoms. The zero-order valence-corrected chi connectivity index (χ0v) is 11.6. The predicted octanol–water partition coefficient (Wildman–Crippen LogP) is 2.00. The zero-order chi connectivity index (χ0) is 14.5. The summed E-state index contributed by atoms with van der Waals surface area (Å²) in [5.74, 6) is -0.0112. The van der Waals surface area contributed by atoms with Gasteiger partial charge in [0.25, 0.3) is 5.91 Å². The summed E-state index contributed by atoms with van der Waals surface area (Å²) in [6.45, 7) is 3.89. The molecule has 0 aliphatic carbocycles. The lowest BCUT2D eigenvalue weighted by Gasteiger charge is -2.15. The minimum absolute atomic E-state index is 0.156. The number of aromatic nitrogens is 2. The Labute approximate surface area is 118 Å². The van der Waals surface area contributed by atoms with Gasteiger partial charge in [0.15, 0.2) is 0 Å². The van der Waals surface area contributed by atoms with Crippen molar-refractivity contribution in [1.82, 2.24) is 15.5 Å². The number of nitrogens with one attached hydrogen (secondary N) is 2. The molecule has 2 rings (SSSR count). The maximum absolute atomic E-state index is 12.1. The topological polar surface area (TPSA) is 78.0 Å². The zero-order valence-electron chi connectivity index (χ0n) is 11.6. The van der Waals surface area contributed by atoms with Crippen LogP contribution in [0.4, 0.5) is 0 Å². The molecule has 1 atom stereocenters. The number of carbonyl (C=O) groups is 1. The lowest BCUT2D eigenvalue weighted by molar-refractivity contribution is 0.0911. The largest absolute Gasteiger partial charge is 0.394 e. The molecule has 0 saturated heterocycles. The predicted molar refractivity (Wildman–Crippen MR) is 76.4 cm³/mol. The molecule has 20 heavy (non-hydrogen) atoms. The molecule has 0 unspecified atom stereocenters. The Morgan fingerprint density at radius 2 is 2.05 bits per heavy atom. The van der Waals surface area contributed by atoms with Gasteiger partial charge in [-0.2, -0.15) is 5.10 Å². The van der Waals surface area contributed by atoms with Gasteiger partial charge in [-0.3, -0.25) is 9.89 Å². The van der Waals surface area contributed by atoms with Gasteiger partial charge in [-0.25, -0.2) is 0 Å². The molecule has 106 valence electrons. The van der Waals surface area contributed by atoms with Crippen LogP contribution < -0.4 is 5.32 Å². The minimum Gasteiger partial charge on any atom is -0.394 e. The van der Waals surface area contributed by atoms with Gasteiger partial charge >= 0.3 is 0 Å². The van der Waals surface area contributed by atoms with Crippen LogP contribution >= 0.6 is 0 Å². The molecule has 1 aromatic heterocycles. The van der Waals surface area contributed by atoms with E-state index in [0.717, 1.165) is 11.3 Å². The van der Waals surface area contributed by atoms with Gasteiger partial charge in [0.1, 0.15) is 5.69 Å². The van der Waals surface area contributed by atoms with Crippen molar-refractivity contribution in [2.75, 3.05) is 6.61 Å². The molecule has 1 heterocycles. The van der Waals surface area contributed by atoms with Gasteiger partial charge in [-0.05, 0) is 17.5 Å². The molecule has 2 aromatic rings. The van der Waals surface area contributed by atoms with Crippen LogP contribution in [0, 0.1) is 0 Å². The van der Waals surface area contributed by atoms with Crippen molar-refractivity contribution in [2.45, 2.75) is 25.8 Å². The molecule has 0 bridgehead atoms. The van der Waals surface area contributed by atoms with Crippen LogP contribution in [0.5, 0.6) is 0 Å². The Morgan fingerprint density at radius 1 is 1.35 bits per heavy atom. The van der Waals surface area contributed by atoms with Gasteiger partial charge < -0.3 is 10.4 Å². The first-order valence-electron chi connectivity index (χ1n) is 6.63. The van der Waals surface area contributed by atoms with E-state index in [9.17, 15) is 9.90 Å². The second-order valence-corrected chi connectivity index (χ2v) is 4.98. The summed E-state index contributed by atoms with van der Waals surface area (Å²) in [4.78, 5) is 12.1. The summed E-state index contributed by atoms with van der Waals surface area (Å²) < 4.78 is 0. The van der Waals surface area contributed by atoms with Crippen LogP contribution in [0.25, 0.3) is 0 Å². The molecule has 5 nitrogen and oxygen atoms in total. The monoisotopic (exact) mass is 273 g/mol. The van der Waals surface area contributed by atoms with Crippen LogP contribution in [-0.4, -0.2) is 27.8 Å². The fourth-order valence-electron chi connectivity index (χ4n) is 1.90.